The van der Waals surface area contributed by atoms with E-state index in [-0.39, 0.29) is 24.0 Å². The zero-order chi connectivity index (χ0) is 14.0. The Balaban J connectivity index is 0.00000200. The SMILES string of the molecule is CC(C)(C)Oc1ccc([C@@H](N)[C@@H](O)C2CCC2)cc1.Cl. The Morgan fingerprint density at radius 3 is 2.15 bits per heavy atom. The van der Waals surface area contributed by atoms with E-state index in [0.717, 1.165) is 24.2 Å². The Bertz CT molecular complexity index is 409. The first kappa shape index (κ1) is 17.3. The Hall–Kier alpha value is -0.770. The molecule has 1 fully saturated rings. The number of nitrogens with two attached hydrogens (primary N) is 1. The van der Waals surface area contributed by atoms with Gasteiger partial charge in [-0.05, 0) is 57.2 Å². The van der Waals surface area contributed by atoms with Gasteiger partial charge in [-0.15, -0.1) is 12.4 Å². The first-order valence-electron chi connectivity index (χ1n) is 7.09. The van der Waals surface area contributed by atoms with E-state index in [9.17, 15) is 5.11 Å². The minimum atomic E-state index is -0.428. The first-order chi connectivity index (χ1) is 8.87. The number of rotatable bonds is 4. The van der Waals surface area contributed by atoms with Crippen molar-refractivity contribution in [2.75, 3.05) is 0 Å². The molecule has 0 unspecified atom stereocenters. The molecule has 0 aliphatic heterocycles. The van der Waals surface area contributed by atoms with Crippen LogP contribution in [0.1, 0.15) is 51.6 Å². The molecular weight excluding hydrogens is 274 g/mol. The number of hydrogen-bond donors (Lipinski definition) is 2. The molecule has 2 atom stereocenters. The van der Waals surface area contributed by atoms with Gasteiger partial charge in [-0.2, -0.15) is 0 Å². The summed E-state index contributed by atoms with van der Waals surface area (Å²) in [5, 5.41) is 10.2. The number of aliphatic hydroxyl groups excluding tert-OH is 1. The van der Waals surface area contributed by atoms with Crippen LogP contribution in [-0.4, -0.2) is 16.8 Å². The Kier molecular flexibility index (Phi) is 5.87. The summed E-state index contributed by atoms with van der Waals surface area (Å²) in [4.78, 5) is 0. The molecule has 4 heteroatoms. The molecular formula is C16H26ClNO2. The van der Waals surface area contributed by atoms with Crippen molar-refractivity contribution in [3.63, 3.8) is 0 Å². The lowest BCUT2D eigenvalue weighted by Gasteiger charge is -2.33. The zero-order valence-corrected chi connectivity index (χ0v) is 13.3. The summed E-state index contributed by atoms with van der Waals surface area (Å²) in [6.45, 7) is 6.06. The molecule has 1 aliphatic rings. The first-order valence-corrected chi connectivity index (χ1v) is 7.09. The third kappa shape index (κ3) is 4.37. The van der Waals surface area contributed by atoms with Gasteiger partial charge in [0, 0.05) is 0 Å². The summed E-state index contributed by atoms with van der Waals surface area (Å²) in [6.07, 6.45) is 2.98. The molecule has 0 saturated heterocycles. The molecule has 3 N–H and O–H groups in total. The minimum Gasteiger partial charge on any atom is -0.488 e. The number of halogens is 1. The van der Waals surface area contributed by atoms with Crippen molar-refractivity contribution >= 4 is 12.4 Å². The second-order valence-electron chi connectivity index (χ2n) is 6.49. The Morgan fingerprint density at radius 2 is 1.75 bits per heavy atom. The van der Waals surface area contributed by atoms with Crippen molar-refractivity contribution in [2.45, 2.75) is 57.8 Å². The van der Waals surface area contributed by atoms with E-state index in [1.165, 1.54) is 6.42 Å². The fraction of sp³-hybridized carbons (Fsp3) is 0.625. The maximum atomic E-state index is 10.2. The van der Waals surface area contributed by atoms with Gasteiger partial charge >= 0.3 is 0 Å². The van der Waals surface area contributed by atoms with Gasteiger partial charge in [0.25, 0.3) is 0 Å². The van der Waals surface area contributed by atoms with E-state index in [2.05, 4.69) is 0 Å². The van der Waals surface area contributed by atoms with Crippen LogP contribution in [0, 0.1) is 5.92 Å². The summed E-state index contributed by atoms with van der Waals surface area (Å²) in [6, 6.07) is 7.46. The largest absolute Gasteiger partial charge is 0.488 e. The quantitative estimate of drug-likeness (QED) is 0.895. The van der Waals surface area contributed by atoms with Crippen LogP contribution in [0.3, 0.4) is 0 Å². The molecule has 114 valence electrons. The number of aliphatic hydroxyl groups is 1. The highest BCUT2D eigenvalue weighted by molar-refractivity contribution is 5.85. The van der Waals surface area contributed by atoms with E-state index >= 15 is 0 Å². The van der Waals surface area contributed by atoms with Gasteiger partial charge in [0.05, 0.1) is 12.1 Å². The van der Waals surface area contributed by atoms with E-state index < -0.39 is 6.10 Å². The highest BCUT2D eigenvalue weighted by Crippen LogP contribution is 2.34. The monoisotopic (exact) mass is 299 g/mol. The second kappa shape index (κ2) is 6.79. The molecule has 0 heterocycles. The van der Waals surface area contributed by atoms with Crippen LogP contribution in [0.2, 0.25) is 0 Å². The van der Waals surface area contributed by atoms with Crippen LogP contribution in [0.15, 0.2) is 24.3 Å². The van der Waals surface area contributed by atoms with Crippen LogP contribution in [0.25, 0.3) is 0 Å². The molecule has 1 aromatic carbocycles. The Morgan fingerprint density at radius 1 is 1.20 bits per heavy atom. The highest BCUT2D eigenvalue weighted by atomic mass is 35.5. The maximum Gasteiger partial charge on any atom is 0.120 e. The third-order valence-electron chi connectivity index (χ3n) is 3.69. The second-order valence-corrected chi connectivity index (χ2v) is 6.49. The van der Waals surface area contributed by atoms with Gasteiger partial charge in [-0.25, -0.2) is 0 Å². The van der Waals surface area contributed by atoms with Crippen LogP contribution in [0.5, 0.6) is 5.75 Å². The van der Waals surface area contributed by atoms with Gasteiger partial charge in [0.1, 0.15) is 11.4 Å². The average molecular weight is 300 g/mol. The highest BCUT2D eigenvalue weighted by Gasteiger charge is 2.30. The lowest BCUT2D eigenvalue weighted by Crippen LogP contribution is -2.36. The molecule has 1 saturated carbocycles. The molecule has 0 aromatic heterocycles. The van der Waals surface area contributed by atoms with E-state index in [4.69, 9.17) is 10.5 Å². The third-order valence-corrected chi connectivity index (χ3v) is 3.69. The smallest absolute Gasteiger partial charge is 0.120 e. The molecule has 0 bridgehead atoms. The molecule has 0 spiro atoms. The van der Waals surface area contributed by atoms with Crippen LogP contribution in [0.4, 0.5) is 0 Å². The predicted molar refractivity (Wildman–Crippen MR) is 84.3 cm³/mol. The summed E-state index contributed by atoms with van der Waals surface area (Å²) in [5.41, 5.74) is 6.91. The van der Waals surface area contributed by atoms with Crippen LogP contribution in [-0.2, 0) is 0 Å². The van der Waals surface area contributed by atoms with E-state index in [0.29, 0.717) is 5.92 Å². The van der Waals surface area contributed by atoms with Crippen LogP contribution >= 0.6 is 12.4 Å². The predicted octanol–water partition coefficient (Wildman–Crippen LogP) is 3.45. The zero-order valence-electron chi connectivity index (χ0n) is 12.5. The minimum absolute atomic E-state index is 0. The van der Waals surface area contributed by atoms with Gasteiger partial charge in [0.15, 0.2) is 0 Å². The lowest BCUT2D eigenvalue weighted by atomic mass is 9.77. The van der Waals surface area contributed by atoms with Crippen molar-refractivity contribution < 1.29 is 9.84 Å². The van der Waals surface area contributed by atoms with E-state index in [1.54, 1.807) is 0 Å². The van der Waals surface area contributed by atoms with Crippen molar-refractivity contribution in [1.29, 1.82) is 0 Å². The van der Waals surface area contributed by atoms with Gasteiger partial charge in [-0.3, -0.25) is 0 Å². The summed E-state index contributed by atoms with van der Waals surface area (Å²) >= 11 is 0. The summed E-state index contributed by atoms with van der Waals surface area (Å²) < 4.78 is 5.77. The number of benzene rings is 1. The van der Waals surface area contributed by atoms with E-state index in [1.807, 2.05) is 45.0 Å². The number of ether oxygens (including phenoxy) is 1. The van der Waals surface area contributed by atoms with Gasteiger partial charge < -0.3 is 15.6 Å². The molecule has 20 heavy (non-hydrogen) atoms. The number of hydrogen-bond acceptors (Lipinski definition) is 3. The van der Waals surface area contributed by atoms with Crippen molar-refractivity contribution in [3.05, 3.63) is 29.8 Å². The topological polar surface area (TPSA) is 55.5 Å². The molecule has 3 nitrogen and oxygen atoms in total. The fourth-order valence-corrected chi connectivity index (χ4v) is 2.38. The molecule has 1 aliphatic carbocycles. The van der Waals surface area contributed by atoms with Crippen molar-refractivity contribution in [3.8, 4) is 5.75 Å². The van der Waals surface area contributed by atoms with Crippen molar-refractivity contribution in [1.82, 2.24) is 0 Å². The average Bonchev–Trinajstić information content (AvgIpc) is 2.24. The molecule has 0 amide bonds. The van der Waals surface area contributed by atoms with Gasteiger partial charge in [-0.1, -0.05) is 18.6 Å². The molecule has 1 aromatic rings. The standard InChI is InChI=1S/C16H25NO2.ClH/c1-16(2,3)19-13-9-7-11(8-10-13)14(17)15(18)12-5-4-6-12;/h7-10,12,14-15,18H,4-6,17H2,1-3H3;1H/t14-,15+;/m1./s1. The normalized spacial score (nSPS) is 18.6. The Labute approximate surface area is 127 Å². The maximum absolute atomic E-state index is 10.2. The lowest BCUT2D eigenvalue weighted by molar-refractivity contribution is 0.0413. The summed E-state index contributed by atoms with van der Waals surface area (Å²) in [5.74, 6) is 1.21. The van der Waals surface area contributed by atoms with Crippen LogP contribution < -0.4 is 10.5 Å². The summed E-state index contributed by atoms with van der Waals surface area (Å²) in [7, 11) is 0. The van der Waals surface area contributed by atoms with Crippen molar-refractivity contribution in [2.24, 2.45) is 11.7 Å². The molecule has 2 rings (SSSR count). The molecule has 0 radical (unpaired) electrons. The van der Waals surface area contributed by atoms with Gasteiger partial charge in [0.2, 0.25) is 0 Å². The fourth-order valence-electron chi connectivity index (χ4n) is 2.38.